The van der Waals surface area contributed by atoms with Crippen LogP contribution in [0.4, 0.5) is 0 Å². The Bertz CT molecular complexity index is 366. The molecule has 0 aromatic rings. The molecular weight excluding hydrogens is 234 g/mol. The number of aliphatic hydroxyl groups excluding tert-OH is 1. The standard InChI is InChI=1S/C17H27NO/c1-14(13-15(2)17(19)11-12-18)7-3-4-8-16-9-5-6-10-16/h13,16-17,19H,1,4-6,8-12,18H2,2H3/b15-13+. The first-order chi connectivity index (χ1) is 9.13. The minimum absolute atomic E-state index is 0.470. The molecule has 19 heavy (non-hydrogen) atoms. The number of hydrogen-bond donors (Lipinski definition) is 2. The summed E-state index contributed by atoms with van der Waals surface area (Å²) in [6, 6.07) is 0. The van der Waals surface area contributed by atoms with Crippen molar-refractivity contribution >= 4 is 0 Å². The van der Waals surface area contributed by atoms with Gasteiger partial charge in [0.25, 0.3) is 0 Å². The van der Waals surface area contributed by atoms with Gasteiger partial charge in [-0.3, -0.25) is 0 Å². The largest absolute Gasteiger partial charge is 0.389 e. The SMILES string of the molecule is C=C(C#CCCC1CCCC1)/C=C(\C)C(O)CCN. The van der Waals surface area contributed by atoms with Crippen LogP contribution >= 0.6 is 0 Å². The fraction of sp³-hybridized carbons (Fsp3) is 0.647. The monoisotopic (exact) mass is 261 g/mol. The molecule has 0 amide bonds. The topological polar surface area (TPSA) is 46.2 Å². The molecule has 1 fully saturated rings. The van der Waals surface area contributed by atoms with Gasteiger partial charge in [0.05, 0.1) is 6.10 Å². The summed E-state index contributed by atoms with van der Waals surface area (Å²) < 4.78 is 0. The summed E-state index contributed by atoms with van der Waals surface area (Å²) in [7, 11) is 0. The Morgan fingerprint density at radius 2 is 2.16 bits per heavy atom. The van der Waals surface area contributed by atoms with E-state index in [1.54, 1.807) is 0 Å². The summed E-state index contributed by atoms with van der Waals surface area (Å²) in [5.41, 5.74) is 7.09. The van der Waals surface area contributed by atoms with Gasteiger partial charge in [0.2, 0.25) is 0 Å². The van der Waals surface area contributed by atoms with Crippen molar-refractivity contribution in [3.05, 3.63) is 23.8 Å². The molecule has 1 aliphatic carbocycles. The molecule has 2 nitrogen and oxygen atoms in total. The Balaban J connectivity index is 2.31. The van der Waals surface area contributed by atoms with E-state index in [1.165, 1.54) is 32.1 Å². The lowest BCUT2D eigenvalue weighted by atomic mass is 10.0. The quantitative estimate of drug-likeness (QED) is 0.570. The van der Waals surface area contributed by atoms with Gasteiger partial charge in [-0.25, -0.2) is 0 Å². The van der Waals surface area contributed by atoms with Gasteiger partial charge in [-0.15, -0.1) is 0 Å². The Hall–Kier alpha value is -1.04. The highest BCUT2D eigenvalue weighted by Gasteiger charge is 2.13. The van der Waals surface area contributed by atoms with Crippen molar-refractivity contribution in [2.24, 2.45) is 11.7 Å². The van der Waals surface area contributed by atoms with E-state index in [1.807, 2.05) is 13.0 Å². The third-order valence-corrected chi connectivity index (χ3v) is 3.77. The lowest BCUT2D eigenvalue weighted by Gasteiger charge is -2.09. The van der Waals surface area contributed by atoms with Gasteiger partial charge in [-0.1, -0.05) is 44.1 Å². The van der Waals surface area contributed by atoms with Crippen molar-refractivity contribution < 1.29 is 5.11 Å². The van der Waals surface area contributed by atoms with Crippen LogP contribution in [-0.2, 0) is 0 Å². The molecule has 2 heteroatoms. The van der Waals surface area contributed by atoms with Gasteiger partial charge in [0, 0.05) is 12.0 Å². The summed E-state index contributed by atoms with van der Waals surface area (Å²) in [5.74, 6) is 7.15. The van der Waals surface area contributed by atoms with Crippen molar-refractivity contribution in [3.8, 4) is 11.8 Å². The predicted molar refractivity (Wildman–Crippen MR) is 81.5 cm³/mol. The number of hydrogen-bond acceptors (Lipinski definition) is 2. The second kappa shape index (κ2) is 8.96. The number of allylic oxidation sites excluding steroid dienone is 2. The maximum atomic E-state index is 9.74. The second-order valence-corrected chi connectivity index (χ2v) is 5.50. The molecule has 3 N–H and O–H groups in total. The molecule has 1 atom stereocenters. The highest BCUT2D eigenvalue weighted by molar-refractivity contribution is 5.38. The van der Waals surface area contributed by atoms with E-state index in [-0.39, 0.29) is 0 Å². The van der Waals surface area contributed by atoms with Crippen LogP contribution in [0, 0.1) is 17.8 Å². The molecule has 1 aliphatic rings. The Morgan fingerprint density at radius 3 is 2.79 bits per heavy atom. The van der Waals surface area contributed by atoms with E-state index in [0.717, 1.165) is 23.5 Å². The molecule has 0 heterocycles. The van der Waals surface area contributed by atoms with E-state index >= 15 is 0 Å². The zero-order chi connectivity index (χ0) is 14.1. The lowest BCUT2D eigenvalue weighted by Crippen LogP contribution is -2.14. The van der Waals surface area contributed by atoms with E-state index in [4.69, 9.17) is 5.73 Å². The minimum Gasteiger partial charge on any atom is -0.389 e. The maximum Gasteiger partial charge on any atom is 0.0762 e. The van der Waals surface area contributed by atoms with Crippen molar-refractivity contribution in [3.63, 3.8) is 0 Å². The van der Waals surface area contributed by atoms with Crippen LogP contribution in [0.25, 0.3) is 0 Å². The summed E-state index contributed by atoms with van der Waals surface area (Å²) >= 11 is 0. The molecule has 0 bridgehead atoms. The summed E-state index contributed by atoms with van der Waals surface area (Å²) in [6.07, 6.45) is 9.72. The molecule has 1 unspecified atom stereocenters. The minimum atomic E-state index is -0.470. The highest BCUT2D eigenvalue weighted by atomic mass is 16.3. The molecule has 1 rings (SSSR count). The first-order valence-electron chi connectivity index (χ1n) is 7.37. The Kier molecular flexibility index (Phi) is 7.55. The molecule has 1 saturated carbocycles. The van der Waals surface area contributed by atoms with E-state index in [9.17, 15) is 5.11 Å². The first kappa shape index (κ1) is 16.0. The smallest absolute Gasteiger partial charge is 0.0762 e. The lowest BCUT2D eigenvalue weighted by molar-refractivity contribution is 0.203. The summed E-state index contributed by atoms with van der Waals surface area (Å²) in [4.78, 5) is 0. The second-order valence-electron chi connectivity index (χ2n) is 5.50. The highest BCUT2D eigenvalue weighted by Crippen LogP contribution is 2.28. The molecule has 0 aliphatic heterocycles. The van der Waals surface area contributed by atoms with Crippen LogP contribution in [0.15, 0.2) is 23.8 Å². The van der Waals surface area contributed by atoms with Gasteiger partial charge < -0.3 is 10.8 Å². The Morgan fingerprint density at radius 1 is 1.47 bits per heavy atom. The Labute approximate surface area is 117 Å². The van der Waals surface area contributed by atoms with Crippen LogP contribution in [0.3, 0.4) is 0 Å². The van der Waals surface area contributed by atoms with Crippen LogP contribution in [-0.4, -0.2) is 17.8 Å². The van der Waals surface area contributed by atoms with Gasteiger partial charge in [-0.2, -0.15) is 0 Å². The van der Waals surface area contributed by atoms with E-state index in [2.05, 4.69) is 18.4 Å². The summed E-state index contributed by atoms with van der Waals surface area (Å²) in [6.45, 7) is 6.30. The van der Waals surface area contributed by atoms with E-state index < -0.39 is 6.10 Å². The van der Waals surface area contributed by atoms with Crippen molar-refractivity contribution in [1.82, 2.24) is 0 Å². The molecule has 106 valence electrons. The van der Waals surface area contributed by atoms with Crippen LogP contribution in [0.5, 0.6) is 0 Å². The third kappa shape index (κ3) is 6.61. The zero-order valence-electron chi connectivity index (χ0n) is 12.1. The molecule has 0 saturated heterocycles. The van der Waals surface area contributed by atoms with Gasteiger partial charge >= 0.3 is 0 Å². The first-order valence-corrected chi connectivity index (χ1v) is 7.37. The molecule has 0 aromatic carbocycles. The van der Waals surface area contributed by atoms with E-state index in [0.29, 0.717) is 13.0 Å². The molecule has 0 aromatic heterocycles. The zero-order valence-corrected chi connectivity index (χ0v) is 12.1. The average molecular weight is 261 g/mol. The van der Waals surface area contributed by atoms with Crippen molar-refractivity contribution in [1.29, 1.82) is 0 Å². The molecule has 0 spiro atoms. The molecule has 0 radical (unpaired) electrons. The third-order valence-electron chi connectivity index (χ3n) is 3.77. The average Bonchev–Trinajstić information content (AvgIpc) is 2.88. The fourth-order valence-electron chi connectivity index (χ4n) is 2.54. The molecular formula is C17H27NO. The number of nitrogens with two attached hydrogens (primary N) is 1. The van der Waals surface area contributed by atoms with Crippen molar-refractivity contribution in [2.45, 2.75) is 58.0 Å². The predicted octanol–water partition coefficient (Wildman–Crippen LogP) is 3.17. The normalized spacial score (nSPS) is 17.9. The fourth-order valence-corrected chi connectivity index (χ4v) is 2.54. The van der Waals surface area contributed by atoms with Gasteiger partial charge in [-0.05, 0) is 43.9 Å². The van der Waals surface area contributed by atoms with Crippen LogP contribution in [0.2, 0.25) is 0 Å². The number of aliphatic hydroxyl groups is 1. The van der Waals surface area contributed by atoms with Crippen molar-refractivity contribution in [2.75, 3.05) is 6.54 Å². The van der Waals surface area contributed by atoms with Crippen LogP contribution < -0.4 is 5.73 Å². The van der Waals surface area contributed by atoms with Gasteiger partial charge in [0.1, 0.15) is 0 Å². The number of rotatable bonds is 6. The maximum absolute atomic E-state index is 9.74. The summed E-state index contributed by atoms with van der Waals surface area (Å²) in [5, 5.41) is 9.74. The van der Waals surface area contributed by atoms with Gasteiger partial charge in [0.15, 0.2) is 0 Å². The van der Waals surface area contributed by atoms with Crippen LogP contribution in [0.1, 0.15) is 51.9 Å².